The maximum Gasteiger partial charge on any atom is 0.334 e. The minimum Gasteiger partial charge on any atom is -0.490 e. The van der Waals surface area contributed by atoms with Gasteiger partial charge in [-0.2, -0.15) is 0 Å². The van der Waals surface area contributed by atoms with Crippen molar-refractivity contribution in [3.8, 4) is 0 Å². The Balaban J connectivity index is 1.61. The van der Waals surface area contributed by atoms with Crippen LogP contribution in [-0.4, -0.2) is 30.3 Å². The Kier molecular flexibility index (Phi) is 5.28. The Morgan fingerprint density at radius 3 is 2.86 bits per heavy atom. The molecule has 0 radical (unpaired) electrons. The van der Waals surface area contributed by atoms with Crippen LogP contribution >= 0.6 is 11.3 Å². The SMILES string of the molecule is C=C1OC2CC3=C[C@@H](C/C(C)=C/[C@@H](OC(=O)/C=C/c4cccs4)[C@@H]2C1=C)OC3=O. The molecular weight excluding hydrogens is 388 g/mol. The van der Waals surface area contributed by atoms with Gasteiger partial charge in [0.25, 0.3) is 0 Å². The van der Waals surface area contributed by atoms with Crippen LogP contribution in [0.3, 0.4) is 0 Å². The molecule has 0 aromatic carbocycles. The van der Waals surface area contributed by atoms with Crippen LogP contribution in [0, 0.1) is 5.92 Å². The molecule has 3 aliphatic rings. The largest absolute Gasteiger partial charge is 0.490 e. The predicted molar refractivity (Wildman–Crippen MR) is 111 cm³/mol. The van der Waals surface area contributed by atoms with Crippen molar-refractivity contribution >= 4 is 29.4 Å². The smallest absolute Gasteiger partial charge is 0.334 e. The first-order valence-corrected chi connectivity index (χ1v) is 10.3. The summed E-state index contributed by atoms with van der Waals surface area (Å²) >= 11 is 1.54. The molecule has 0 amide bonds. The van der Waals surface area contributed by atoms with Crippen LogP contribution < -0.4 is 0 Å². The van der Waals surface area contributed by atoms with Crippen molar-refractivity contribution in [3.63, 3.8) is 0 Å². The Labute approximate surface area is 173 Å². The molecule has 1 unspecified atom stereocenters. The van der Waals surface area contributed by atoms with Crippen molar-refractivity contribution in [1.82, 2.24) is 0 Å². The van der Waals surface area contributed by atoms with Crippen LogP contribution in [0.5, 0.6) is 0 Å². The monoisotopic (exact) mass is 410 g/mol. The zero-order valence-electron chi connectivity index (χ0n) is 16.1. The van der Waals surface area contributed by atoms with Crippen molar-refractivity contribution in [2.24, 2.45) is 5.92 Å². The zero-order valence-corrected chi connectivity index (χ0v) is 16.9. The molecule has 1 aliphatic carbocycles. The summed E-state index contributed by atoms with van der Waals surface area (Å²) < 4.78 is 17.1. The molecule has 2 aliphatic heterocycles. The maximum absolute atomic E-state index is 12.5. The number of rotatable bonds is 3. The van der Waals surface area contributed by atoms with Gasteiger partial charge < -0.3 is 14.2 Å². The van der Waals surface area contributed by atoms with E-state index in [0.717, 1.165) is 10.5 Å². The molecule has 5 nitrogen and oxygen atoms in total. The first-order valence-electron chi connectivity index (χ1n) is 9.46. The lowest BCUT2D eigenvalue weighted by molar-refractivity contribution is -0.143. The van der Waals surface area contributed by atoms with E-state index < -0.39 is 18.2 Å². The summed E-state index contributed by atoms with van der Waals surface area (Å²) in [4.78, 5) is 25.7. The van der Waals surface area contributed by atoms with Gasteiger partial charge in [-0.05, 0) is 42.2 Å². The van der Waals surface area contributed by atoms with E-state index in [4.69, 9.17) is 14.2 Å². The van der Waals surface area contributed by atoms with Gasteiger partial charge in [0.1, 0.15) is 24.1 Å². The Morgan fingerprint density at radius 2 is 2.10 bits per heavy atom. The highest BCUT2D eigenvalue weighted by atomic mass is 32.1. The fourth-order valence-corrected chi connectivity index (χ4v) is 4.53. The molecule has 1 saturated heterocycles. The van der Waals surface area contributed by atoms with Gasteiger partial charge in [-0.25, -0.2) is 9.59 Å². The zero-order chi connectivity index (χ0) is 20.5. The number of carbonyl (C=O) groups excluding carboxylic acids is 2. The molecule has 2 bridgehead atoms. The van der Waals surface area contributed by atoms with Gasteiger partial charge in [0.05, 0.1) is 5.92 Å². The first-order chi connectivity index (χ1) is 13.9. The number of ether oxygens (including phenoxy) is 3. The van der Waals surface area contributed by atoms with Gasteiger partial charge in [-0.1, -0.05) is 24.8 Å². The molecule has 0 saturated carbocycles. The number of carbonyl (C=O) groups is 2. The van der Waals surface area contributed by atoms with E-state index in [1.807, 2.05) is 36.6 Å². The summed E-state index contributed by atoms with van der Waals surface area (Å²) in [6.45, 7) is 9.95. The second kappa shape index (κ2) is 7.87. The third-order valence-electron chi connectivity index (χ3n) is 5.29. The second-order valence-corrected chi connectivity index (χ2v) is 8.42. The van der Waals surface area contributed by atoms with E-state index in [9.17, 15) is 9.59 Å². The molecule has 6 heteroatoms. The highest BCUT2D eigenvalue weighted by Crippen LogP contribution is 2.41. The van der Waals surface area contributed by atoms with Crippen LogP contribution in [0.15, 0.2) is 71.4 Å². The predicted octanol–water partition coefficient (Wildman–Crippen LogP) is 4.35. The summed E-state index contributed by atoms with van der Waals surface area (Å²) in [5.41, 5.74) is 2.24. The van der Waals surface area contributed by atoms with E-state index in [1.165, 1.54) is 6.08 Å². The number of hydrogen-bond acceptors (Lipinski definition) is 6. The van der Waals surface area contributed by atoms with Crippen molar-refractivity contribution in [2.75, 3.05) is 0 Å². The molecule has 0 N–H and O–H groups in total. The quantitative estimate of drug-likeness (QED) is 0.421. The first kappa shape index (κ1) is 19.5. The number of hydrogen-bond donors (Lipinski definition) is 0. The Hall–Kier alpha value is -2.86. The van der Waals surface area contributed by atoms with Gasteiger partial charge in [-0.15, -0.1) is 11.3 Å². The molecule has 4 atom stereocenters. The third-order valence-corrected chi connectivity index (χ3v) is 6.13. The number of fused-ring (bicyclic) bond motifs is 2. The standard InChI is InChI=1S/C23H22O5S/c1-13-9-17-11-16(23(25)27-17)12-20-22(14(2)15(3)26-20)19(10-13)28-21(24)7-6-18-5-4-8-29-18/h4-8,10-11,17,19-20,22H,2-3,9,12H2,1H3/b7-6+,13-10+/t17-,19-,20?,22+/m1/s1. The topological polar surface area (TPSA) is 61.8 Å². The van der Waals surface area contributed by atoms with E-state index in [2.05, 4.69) is 13.2 Å². The van der Waals surface area contributed by atoms with Crippen molar-refractivity contribution in [2.45, 2.75) is 38.1 Å². The van der Waals surface area contributed by atoms with Gasteiger partial charge in [0.15, 0.2) is 0 Å². The van der Waals surface area contributed by atoms with E-state index in [1.54, 1.807) is 17.4 Å². The second-order valence-electron chi connectivity index (χ2n) is 7.44. The molecular formula is C23H22O5S. The van der Waals surface area contributed by atoms with Crippen LogP contribution in [0.1, 0.15) is 24.6 Å². The minimum absolute atomic E-state index is 0.298. The molecule has 1 aromatic heterocycles. The highest BCUT2D eigenvalue weighted by molar-refractivity contribution is 7.10. The van der Waals surface area contributed by atoms with Gasteiger partial charge in [0, 0.05) is 29.4 Å². The fraction of sp³-hybridized carbons (Fsp3) is 0.304. The molecule has 0 spiro atoms. The summed E-state index contributed by atoms with van der Waals surface area (Å²) in [5, 5.41) is 1.95. The normalized spacial score (nSPS) is 30.9. The number of esters is 2. The summed E-state index contributed by atoms with van der Waals surface area (Å²) in [6.07, 6.45) is 6.59. The average molecular weight is 410 g/mol. The number of allylic oxidation sites excluding steroid dienone is 1. The lowest BCUT2D eigenvalue weighted by atomic mass is 9.85. The number of thiophene rings is 1. The van der Waals surface area contributed by atoms with Crippen molar-refractivity contribution in [1.29, 1.82) is 0 Å². The maximum atomic E-state index is 12.5. The fourth-order valence-electron chi connectivity index (χ4n) is 3.92. The lowest BCUT2D eigenvalue weighted by Gasteiger charge is -2.26. The van der Waals surface area contributed by atoms with Gasteiger partial charge in [0.2, 0.25) is 0 Å². The van der Waals surface area contributed by atoms with E-state index in [0.29, 0.717) is 29.7 Å². The minimum atomic E-state index is -0.569. The summed E-state index contributed by atoms with van der Waals surface area (Å²) in [5.74, 6) is -0.614. The summed E-state index contributed by atoms with van der Waals surface area (Å²) in [6, 6.07) is 3.85. The molecule has 1 aromatic rings. The Bertz CT molecular complexity index is 950. The molecule has 1 fully saturated rings. The molecule has 4 rings (SSSR count). The molecule has 150 valence electrons. The average Bonchev–Trinajstić information content (AvgIpc) is 3.35. The van der Waals surface area contributed by atoms with Crippen LogP contribution in [0.4, 0.5) is 0 Å². The summed E-state index contributed by atoms with van der Waals surface area (Å²) in [7, 11) is 0. The Morgan fingerprint density at radius 1 is 1.28 bits per heavy atom. The van der Waals surface area contributed by atoms with Gasteiger partial charge >= 0.3 is 11.9 Å². The lowest BCUT2D eigenvalue weighted by Crippen LogP contribution is -2.32. The van der Waals surface area contributed by atoms with E-state index >= 15 is 0 Å². The molecule has 3 heterocycles. The molecule has 29 heavy (non-hydrogen) atoms. The van der Waals surface area contributed by atoms with Crippen molar-refractivity contribution < 1.29 is 23.8 Å². The van der Waals surface area contributed by atoms with Crippen LogP contribution in [0.25, 0.3) is 6.08 Å². The van der Waals surface area contributed by atoms with Crippen molar-refractivity contribution in [3.05, 3.63) is 76.3 Å². The third kappa shape index (κ3) is 4.12. The highest BCUT2D eigenvalue weighted by Gasteiger charge is 2.44. The van der Waals surface area contributed by atoms with E-state index in [-0.39, 0.29) is 18.0 Å². The van der Waals surface area contributed by atoms with Crippen LogP contribution in [0.2, 0.25) is 0 Å². The van der Waals surface area contributed by atoms with Crippen LogP contribution in [-0.2, 0) is 23.8 Å². The van der Waals surface area contributed by atoms with Gasteiger partial charge in [-0.3, -0.25) is 0 Å².